The lowest BCUT2D eigenvalue weighted by molar-refractivity contribution is -0.131. The van der Waals surface area contributed by atoms with Crippen molar-refractivity contribution < 1.29 is 19.1 Å². The third kappa shape index (κ3) is 5.78. The summed E-state index contributed by atoms with van der Waals surface area (Å²) in [7, 11) is 1.92. The quantitative estimate of drug-likeness (QED) is 0.568. The molecule has 2 aliphatic heterocycles. The number of nitrogens with zero attached hydrogens (tertiary/aromatic N) is 3. The van der Waals surface area contributed by atoms with Gasteiger partial charge in [0.1, 0.15) is 17.3 Å². The number of aliphatic carboxylic acids is 1. The number of aliphatic imine (C=N–C) groups is 1. The van der Waals surface area contributed by atoms with Crippen LogP contribution < -0.4 is 0 Å². The number of carboxylic acids is 1. The number of amides is 1. The summed E-state index contributed by atoms with van der Waals surface area (Å²) in [6, 6.07) is 4.67. The zero-order valence-electron chi connectivity index (χ0n) is 20.3. The van der Waals surface area contributed by atoms with Gasteiger partial charge in [0, 0.05) is 37.0 Å². The second kappa shape index (κ2) is 10.4. The summed E-state index contributed by atoms with van der Waals surface area (Å²) in [4.78, 5) is 32.8. The highest BCUT2D eigenvalue weighted by Crippen LogP contribution is 2.41. The van der Waals surface area contributed by atoms with Gasteiger partial charge < -0.3 is 14.9 Å². The SMILES string of the molecule is C=C(/C=C1/N=C(C(=O)N2CCCCCC2C)C=C(C2CC2)N1C)c1ccc(/C=C/C(=O)O)cc1F. The number of carbonyl (C=O) groups excluding carboxylic acids is 1. The lowest BCUT2D eigenvalue weighted by atomic mass is 10.0. The van der Waals surface area contributed by atoms with Crippen LogP contribution in [0.2, 0.25) is 0 Å². The molecule has 1 unspecified atom stereocenters. The normalized spacial score (nSPS) is 22.1. The van der Waals surface area contributed by atoms with E-state index in [1.54, 1.807) is 18.2 Å². The maximum Gasteiger partial charge on any atom is 0.328 e. The standard InChI is InChI=1S/C28H32FN3O3/c1-18(22-12-8-20(16-23(22)29)9-13-27(33)34)15-26-30-24(17-25(31(26)3)21-10-11-21)28(35)32-14-6-4-5-7-19(32)2/h8-9,12-13,15-17,19,21H,1,4-7,10-11,14H2,2-3H3,(H,33,34)/b13-9+,26-15-. The van der Waals surface area contributed by atoms with Crippen molar-refractivity contribution in [2.24, 2.45) is 10.9 Å². The van der Waals surface area contributed by atoms with E-state index in [1.807, 2.05) is 22.9 Å². The maximum atomic E-state index is 14.8. The molecule has 0 radical (unpaired) electrons. The van der Waals surface area contributed by atoms with Gasteiger partial charge in [-0.15, -0.1) is 0 Å². The van der Waals surface area contributed by atoms with Crippen LogP contribution in [0.5, 0.6) is 0 Å². The summed E-state index contributed by atoms with van der Waals surface area (Å²) in [6.45, 7) is 6.88. The minimum atomic E-state index is -1.10. The number of hydrogen-bond donors (Lipinski definition) is 1. The van der Waals surface area contributed by atoms with Gasteiger partial charge in [0.2, 0.25) is 0 Å². The Morgan fingerprint density at radius 1 is 1.20 bits per heavy atom. The molecular weight excluding hydrogens is 445 g/mol. The fourth-order valence-electron chi connectivity index (χ4n) is 4.63. The van der Waals surface area contributed by atoms with Crippen LogP contribution in [0, 0.1) is 11.7 Å². The highest BCUT2D eigenvalue weighted by molar-refractivity contribution is 6.43. The molecule has 3 aliphatic rings. The van der Waals surface area contributed by atoms with Crippen molar-refractivity contribution >= 4 is 29.2 Å². The molecule has 6 nitrogen and oxygen atoms in total. The van der Waals surface area contributed by atoms with E-state index in [2.05, 4.69) is 13.5 Å². The Kier molecular flexibility index (Phi) is 7.34. The average molecular weight is 478 g/mol. The molecular formula is C28H32FN3O3. The van der Waals surface area contributed by atoms with Crippen LogP contribution in [-0.4, -0.2) is 52.1 Å². The van der Waals surface area contributed by atoms with Gasteiger partial charge in [-0.05, 0) is 74.0 Å². The van der Waals surface area contributed by atoms with E-state index in [0.717, 1.165) is 56.8 Å². The molecule has 35 heavy (non-hydrogen) atoms. The Morgan fingerprint density at radius 2 is 1.97 bits per heavy atom. The first-order valence-corrected chi connectivity index (χ1v) is 12.2. The van der Waals surface area contributed by atoms with E-state index in [4.69, 9.17) is 10.1 Å². The summed E-state index contributed by atoms with van der Waals surface area (Å²) in [5.41, 5.74) is 2.64. The maximum absolute atomic E-state index is 14.8. The molecule has 7 heteroatoms. The molecule has 0 bridgehead atoms. The summed E-state index contributed by atoms with van der Waals surface area (Å²) >= 11 is 0. The third-order valence-corrected chi connectivity index (χ3v) is 6.84. The number of halogens is 1. The van der Waals surface area contributed by atoms with Crippen LogP contribution in [0.3, 0.4) is 0 Å². The Balaban J connectivity index is 1.63. The van der Waals surface area contributed by atoms with Gasteiger partial charge in [-0.2, -0.15) is 0 Å². The molecule has 0 spiro atoms. The van der Waals surface area contributed by atoms with Crippen molar-refractivity contribution in [2.45, 2.75) is 51.5 Å². The monoisotopic (exact) mass is 477 g/mol. The van der Waals surface area contributed by atoms with Gasteiger partial charge in [0.15, 0.2) is 0 Å². The van der Waals surface area contributed by atoms with E-state index < -0.39 is 11.8 Å². The summed E-state index contributed by atoms with van der Waals surface area (Å²) in [5, 5.41) is 8.78. The van der Waals surface area contributed by atoms with Gasteiger partial charge in [-0.25, -0.2) is 14.2 Å². The summed E-state index contributed by atoms with van der Waals surface area (Å²) in [5.74, 6) is -0.702. The highest BCUT2D eigenvalue weighted by Gasteiger charge is 2.34. The van der Waals surface area contributed by atoms with Crippen molar-refractivity contribution in [2.75, 3.05) is 13.6 Å². The molecule has 1 aromatic rings. The Labute approximate surface area is 205 Å². The van der Waals surface area contributed by atoms with Crippen LogP contribution >= 0.6 is 0 Å². The zero-order chi connectivity index (χ0) is 25.1. The van der Waals surface area contributed by atoms with Crippen LogP contribution in [0.15, 0.2) is 59.5 Å². The van der Waals surface area contributed by atoms with Gasteiger partial charge >= 0.3 is 5.97 Å². The lowest BCUT2D eigenvalue weighted by Gasteiger charge is -2.31. The van der Waals surface area contributed by atoms with Crippen molar-refractivity contribution in [1.29, 1.82) is 0 Å². The fraction of sp³-hybridized carbons (Fsp3) is 0.393. The van der Waals surface area contributed by atoms with Gasteiger partial charge in [-0.1, -0.05) is 31.6 Å². The zero-order valence-corrected chi connectivity index (χ0v) is 20.3. The van der Waals surface area contributed by atoms with Crippen LogP contribution in [0.1, 0.15) is 56.6 Å². The minimum Gasteiger partial charge on any atom is -0.478 e. The minimum absolute atomic E-state index is 0.0529. The first-order chi connectivity index (χ1) is 16.7. The molecule has 2 fully saturated rings. The Hall–Kier alpha value is -3.48. The first kappa shape index (κ1) is 24.6. The largest absolute Gasteiger partial charge is 0.478 e. The Bertz CT molecular complexity index is 1160. The highest BCUT2D eigenvalue weighted by atomic mass is 19.1. The van der Waals surface area contributed by atoms with Crippen LogP contribution in [0.25, 0.3) is 11.6 Å². The number of likely N-dealkylation sites (tertiary alicyclic amines) is 1. The molecule has 1 aliphatic carbocycles. The van der Waals surface area contributed by atoms with Crippen molar-refractivity contribution in [3.63, 3.8) is 0 Å². The van der Waals surface area contributed by atoms with E-state index in [1.165, 1.54) is 12.1 Å². The number of hydrogen-bond acceptors (Lipinski definition) is 4. The summed E-state index contributed by atoms with van der Waals surface area (Å²) < 4.78 is 14.8. The molecule has 2 heterocycles. The molecule has 1 atom stereocenters. The van der Waals surface area contributed by atoms with E-state index in [0.29, 0.717) is 34.2 Å². The molecule has 184 valence electrons. The fourth-order valence-corrected chi connectivity index (χ4v) is 4.63. The van der Waals surface area contributed by atoms with Gasteiger partial charge in [-0.3, -0.25) is 4.79 Å². The predicted octanol–water partition coefficient (Wildman–Crippen LogP) is 5.25. The van der Waals surface area contributed by atoms with E-state index in [-0.39, 0.29) is 11.9 Å². The van der Waals surface area contributed by atoms with Crippen molar-refractivity contribution in [1.82, 2.24) is 9.80 Å². The number of carboxylic acid groups (broad SMARTS) is 1. The molecule has 1 saturated carbocycles. The van der Waals surface area contributed by atoms with Crippen molar-refractivity contribution in [3.8, 4) is 0 Å². The third-order valence-electron chi connectivity index (χ3n) is 6.84. The second-order valence-corrected chi connectivity index (χ2v) is 9.54. The Morgan fingerprint density at radius 3 is 2.66 bits per heavy atom. The first-order valence-electron chi connectivity index (χ1n) is 12.2. The lowest BCUT2D eigenvalue weighted by Crippen LogP contribution is -2.43. The second-order valence-electron chi connectivity index (χ2n) is 9.54. The van der Waals surface area contributed by atoms with Gasteiger partial charge in [0.05, 0.1) is 0 Å². The number of rotatable bonds is 6. The number of allylic oxidation sites excluding steroid dienone is 3. The van der Waals surface area contributed by atoms with E-state index >= 15 is 0 Å². The topological polar surface area (TPSA) is 73.2 Å². The summed E-state index contributed by atoms with van der Waals surface area (Å²) in [6.07, 6.45) is 12.3. The molecule has 1 saturated heterocycles. The molecule has 4 rings (SSSR count). The number of benzene rings is 1. The van der Waals surface area contributed by atoms with Crippen LogP contribution in [0.4, 0.5) is 4.39 Å². The molecule has 1 amide bonds. The van der Waals surface area contributed by atoms with Crippen molar-refractivity contribution in [3.05, 3.63) is 71.5 Å². The van der Waals surface area contributed by atoms with Crippen LogP contribution in [-0.2, 0) is 9.59 Å². The molecule has 1 N–H and O–H groups in total. The van der Waals surface area contributed by atoms with E-state index in [9.17, 15) is 14.0 Å². The smallest absolute Gasteiger partial charge is 0.328 e. The average Bonchev–Trinajstić information content (AvgIpc) is 3.67. The molecule has 0 aromatic heterocycles. The predicted molar refractivity (Wildman–Crippen MR) is 136 cm³/mol. The number of carbonyl (C=O) groups is 2. The molecule has 1 aromatic carbocycles. The van der Waals surface area contributed by atoms with Gasteiger partial charge in [0.25, 0.3) is 5.91 Å².